The van der Waals surface area contributed by atoms with E-state index in [9.17, 15) is 4.79 Å². The lowest BCUT2D eigenvalue weighted by atomic mass is 10.1. The minimum atomic E-state index is -0.926. The van der Waals surface area contributed by atoms with Crippen molar-refractivity contribution < 1.29 is 9.90 Å². The number of carboxylic acid groups (broad SMARTS) is 1. The van der Waals surface area contributed by atoms with E-state index in [0.29, 0.717) is 0 Å². The maximum absolute atomic E-state index is 10.7. The molecule has 0 saturated heterocycles. The van der Waals surface area contributed by atoms with Crippen LogP contribution in [0.5, 0.6) is 0 Å². The SMILES string of the molecule is C/C(=N\c1ccc(C(=O)O)cc1)c1ccccc1. The van der Waals surface area contributed by atoms with Gasteiger partial charge in [0.25, 0.3) is 0 Å². The summed E-state index contributed by atoms with van der Waals surface area (Å²) < 4.78 is 0. The number of carbonyl (C=O) groups is 1. The van der Waals surface area contributed by atoms with Crippen molar-refractivity contribution in [2.75, 3.05) is 0 Å². The number of hydrogen-bond donors (Lipinski definition) is 1. The van der Waals surface area contributed by atoms with Gasteiger partial charge in [0.15, 0.2) is 0 Å². The van der Waals surface area contributed by atoms with Gasteiger partial charge in [-0.15, -0.1) is 0 Å². The first kappa shape index (κ1) is 12.0. The first-order valence-electron chi connectivity index (χ1n) is 5.61. The van der Waals surface area contributed by atoms with E-state index in [-0.39, 0.29) is 5.56 Å². The lowest BCUT2D eigenvalue weighted by Gasteiger charge is -2.01. The molecule has 2 aromatic rings. The molecule has 0 amide bonds. The highest BCUT2D eigenvalue weighted by atomic mass is 16.4. The predicted octanol–water partition coefficient (Wildman–Crippen LogP) is 3.53. The van der Waals surface area contributed by atoms with E-state index >= 15 is 0 Å². The number of aliphatic imine (C=N–C) groups is 1. The summed E-state index contributed by atoms with van der Waals surface area (Å²) in [6.45, 7) is 1.93. The van der Waals surface area contributed by atoms with Crippen LogP contribution in [0.15, 0.2) is 59.6 Å². The summed E-state index contributed by atoms with van der Waals surface area (Å²) in [6.07, 6.45) is 0. The van der Waals surface area contributed by atoms with Crippen LogP contribution in [0.3, 0.4) is 0 Å². The van der Waals surface area contributed by atoms with E-state index in [1.54, 1.807) is 24.3 Å². The molecule has 0 radical (unpaired) electrons. The molecule has 3 nitrogen and oxygen atoms in total. The smallest absolute Gasteiger partial charge is 0.335 e. The molecular formula is C15H13NO2. The third kappa shape index (κ3) is 2.83. The summed E-state index contributed by atoms with van der Waals surface area (Å²) in [5.41, 5.74) is 2.98. The Labute approximate surface area is 105 Å². The lowest BCUT2D eigenvalue weighted by Crippen LogP contribution is -1.95. The summed E-state index contributed by atoms with van der Waals surface area (Å²) in [5.74, 6) is -0.926. The largest absolute Gasteiger partial charge is 0.478 e. The Kier molecular flexibility index (Phi) is 3.53. The first-order valence-corrected chi connectivity index (χ1v) is 5.61. The van der Waals surface area contributed by atoms with E-state index < -0.39 is 5.97 Å². The average molecular weight is 239 g/mol. The van der Waals surface area contributed by atoms with Gasteiger partial charge in [-0.1, -0.05) is 30.3 Å². The van der Waals surface area contributed by atoms with Crippen LogP contribution in [0, 0.1) is 0 Å². The Morgan fingerprint density at radius 1 is 0.944 bits per heavy atom. The fourth-order valence-corrected chi connectivity index (χ4v) is 1.62. The highest BCUT2D eigenvalue weighted by Gasteiger charge is 2.01. The molecule has 90 valence electrons. The minimum absolute atomic E-state index is 0.270. The molecule has 0 aliphatic rings. The molecule has 0 bridgehead atoms. The van der Waals surface area contributed by atoms with Gasteiger partial charge in [0, 0.05) is 5.71 Å². The van der Waals surface area contributed by atoms with Crippen molar-refractivity contribution >= 4 is 17.4 Å². The normalized spacial score (nSPS) is 11.3. The van der Waals surface area contributed by atoms with Crippen molar-refractivity contribution in [1.82, 2.24) is 0 Å². The average Bonchev–Trinajstić information content (AvgIpc) is 2.40. The van der Waals surface area contributed by atoms with E-state index in [2.05, 4.69) is 4.99 Å². The second kappa shape index (κ2) is 5.27. The van der Waals surface area contributed by atoms with Gasteiger partial charge in [-0.25, -0.2) is 4.79 Å². The fourth-order valence-electron chi connectivity index (χ4n) is 1.62. The number of rotatable bonds is 3. The van der Waals surface area contributed by atoms with Crippen molar-refractivity contribution in [3.05, 3.63) is 65.7 Å². The van der Waals surface area contributed by atoms with Crippen LogP contribution in [0.25, 0.3) is 0 Å². The third-order valence-corrected chi connectivity index (χ3v) is 2.60. The summed E-state index contributed by atoms with van der Waals surface area (Å²) in [6, 6.07) is 16.4. The standard InChI is InChI=1S/C15H13NO2/c1-11(12-5-3-2-4-6-12)16-14-9-7-13(8-10-14)15(17)18/h2-10H,1H3,(H,17,18)/b16-11+. The molecule has 2 rings (SSSR count). The molecule has 0 spiro atoms. The lowest BCUT2D eigenvalue weighted by molar-refractivity contribution is 0.0697. The molecule has 0 aromatic heterocycles. The highest BCUT2D eigenvalue weighted by molar-refractivity contribution is 6.00. The molecule has 18 heavy (non-hydrogen) atoms. The Morgan fingerprint density at radius 2 is 1.56 bits per heavy atom. The van der Waals surface area contributed by atoms with E-state index in [4.69, 9.17) is 5.11 Å². The summed E-state index contributed by atoms with van der Waals surface area (Å²) in [4.78, 5) is 15.2. The van der Waals surface area contributed by atoms with E-state index in [0.717, 1.165) is 17.0 Å². The zero-order chi connectivity index (χ0) is 13.0. The van der Waals surface area contributed by atoms with Crippen molar-refractivity contribution in [1.29, 1.82) is 0 Å². The molecule has 0 fully saturated rings. The molecule has 3 heteroatoms. The quantitative estimate of drug-likeness (QED) is 0.833. The van der Waals surface area contributed by atoms with Gasteiger partial charge >= 0.3 is 5.97 Å². The molecular weight excluding hydrogens is 226 g/mol. The summed E-state index contributed by atoms with van der Waals surface area (Å²) in [5, 5.41) is 8.80. The van der Waals surface area contributed by atoms with Gasteiger partial charge in [0.2, 0.25) is 0 Å². The number of aromatic carboxylic acids is 1. The van der Waals surface area contributed by atoms with Crippen LogP contribution in [0.1, 0.15) is 22.8 Å². The molecule has 0 aliphatic heterocycles. The predicted molar refractivity (Wildman–Crippen MR) is 71.7 cm³/mol. The maximum Gasteiger partial charge on any atom is 0.335 e. The Morgan fingerprint density at radius 3 is 2.11 bits per heavy atom. The van der Waals surface area contributed by atoms with Crippen molar-refractivity contribution in [3.8, 4) is 0 Å². The number of nitrogens with zero attached hydrogens (tertiary/aromatic N) is 1. The van der Waals surface area contributed by atoms with Crippen LogP contribution in [-0.2, 0) is 0 Å². The second-order valence-corrected chi connectivity index (χ2v) is 3.92. The Bertz CT molecular complexity index is 571. The molecule has 0 saturated carbocycles. The molecule has 0 heterocycles. The van der Waals surface area contributed by atoms with Crippen molar-refractivity contribution in [3.63, 3.8) is 0 Å². The number of hydrogen-bond acceptors (Lipinski definition) is 2. The molecule has 0 atom stereocenters. The summed E-state index contributed by atoms with van der Waals surface area (Å²) in [7, 11) is 0. The Balaban J connectivity index is 2.25. The van der Waals surface area contributed by atoms with Gasteiger partial charge in [-0.2, -0.15) is 0 Å². The van der Waals surface area contributed by atoms with Crippen LogP contribution >= 0.6 is 0 Å². The van der Waals surface area contributed by atoms with Crippen LogP contribution in [0.2, 0.25) is 0 Å². The Hall–Kier alpha value is -2.42. The third-order valence-electron chi connectivity index (χ3n) is 2.60. The molecule has 0 unspecified atom stereocenters. The van der Waals surface area contributed by atoms with Crippen LogP contribution in [-0.4, -0.2) is 16.8 Å². The molecule has 0 aliphatic carbocycles. The van der Waals surface area contributed by atoms with Gasteiger partial charge in [-0.05, 0) is 36.8 Å². The topological polar surface area (TPSA) is 49.7 Å². The number of carboxylic acids is 1. The monoisotopic (exact) mass is 239 g/mol. The number of benzene rings is 2. The fraction of sp³-hybridized carbons (Fsp3) is 0.0667. The molecule has 1 N–H and O–H groups in total. The second-order valence-electron chi connectivity index (χ2n) is 3.92. The van der Waals surface area contributed by atoms with Crippen LogP contribution in [0.4, 0.5) is 5.69 Å². The highest BCUT2D eigenvalue weighted by Crippen LogP contribution is 2.15. The van der Waals surface area contributed by atoms with E-state index in [1.165, 1.54) is 0 Å². The van der Waals surface area contributed by atoms with Gasteiger partial charge < -0.3 is 5.11 Å². The van der Waals surface area contributed by atoms with Crippen LogP contribution < -0.4 is 0 Å². The van der Waals surface area contributed by atoms with Crippen molar-refractivity contribution in [2.24, 2.45) is 4.99 Å². The minimum Gasteiger partial charge on any atom is -0.478 e. The zero-order valence-corrected chi connectivity index (χ0v) is 10.00. The maximum atomic E-state index is 10.7. The zero-order valence-electron chi connectivity index (χ0n) is 10.00. The van der Waals surface area contributed by atoms with Gasteiger partial charge in [0.05, 0.1) is 11.3 Å². The van der Waals surface area contributed by atoms with Gasteiger partial charge in [0.1, 0.15) is 0 Å². The first-order chi connectivity index (χ1) is 8.66. The van der Waals surface area contributed by atoms with Crippen molar-refractivity contribution in [2.45, 2.75) is 6.92 Å². The van der Waals surface area contributed by atoms with E-state index in [1.807, 2.05) is 37.3 Å². The van der Waals surface area contributed by atoms with Gasteiger partial charge in [-0.3, -0.25) is 4.99 Å². The summed E-state index contributed by atoms with van der Waals surface area (Å²) >= 11 is 0. The molecule has 2 aromatic carbocycles.